The first-order chi connectivity index (χ1) is 18.1. The van der Waals surface area contributed by atoms with Crippen molar-refractivity contribution < 1.29 is 9.18 Å². The van der Waals surface area contributed by atoms with E-state index in [4.69, 9.17) is 0 Å². The molecule has 0 spiro atoms. The largest absolute Gasteiger partial charge is 0.353 e. The number of hydrogen-bond donors (Lipinski definition) is 3. The van der Waals surface area contributed by atoms with Gasteiger partial charge in [0.15, 0.2) is 0 Å². The number of fused-ring (bicyclic) bond motifs is 2. The van der Waals surface area contributed by atoms with E-state index < -0.39 is 0 Å². The van der Waals surface area contributed by atoms with Crippen molar-refractivity contribution in [2.45, 2.75) is 12.8 Å². The Morgan fingerprint density at radius 2 is 1.81 bits per heavy atom. The lowest BCUT2D eigenvalue weighted by atomic mass is 10.1. The Morgan fingerprint density at radius 1 is 0.919 bits per heavy atom. The lowest BCUT2D eigenvalue weighted by molar-refractivity contribution is -0.117. The molecule has 0 saturated heterocycles. The number of halogens is 1. The van der Waals surface area contributed by atoms with Crippen LogP contribution in [-0.4, -0.2) is 36.0 Å². The minimum absolute atomic E-state index is 0.0328. The average Bonchev–Trinajstić information content (AvgIpc) is 3.55. The second-order valence-corrected chi connectivity index (χ2v) is 9.23. The van der Waals surface area contributed by atoms with Crippen LogP contribution in [0.15, 0.2) is 73.3 Å². The molecular weight excluding hydrogens is 469 g/mol. The number of carbonyl (C=O) groups is 1. The Bertz CT molecular complexity index is 1820. The first-order valence-corrected chi connectivity index (χ1v) is 12.0. The number of anilines is 1. The summed E-state index contributed by atoms with van der Waals surface area (Å²) in [5.74, 6) is -0.166. The molecule has 0 unspecified atom stereocenters. The number of nitrogens with one attached hydrogen (secondary N) is 3. The number of amides is 1. The van der Waals surface area contributed by atoms with Crippen molar-refractivity contribution in [3.63, 3.8) is 0 Å². The second kappa shape index (κ2) is 8.34. The van der Waals surface area contributed by atoms with E-state index in [0.29, 0.717) is 22.6 Å². The molecule has 1 aliphatic carbocycles. The maximum Gasteiger partial charge on any atom is 0.227 e. The van der Waals surface area contributed by atoms with Gasteiger partial charge in [0.1, 0.15) is 11.5 Å². The van der Waals surface area contributed by atoms with Crippen LogP contribution in [0.2, 0.25) is 0 Å². The Labute approximate surface area is 210 Å². The average molecular weight is 490 g/mol. The molecule has 0 radical (unpaired) electrons. The summed E-state index contributed by atoms with van der Waals surface area (Å²) in [4.78, 5) is 29.0. The van der Waals surface area contributed by atoms with Crippen LogP contribution in [0.3, 0.4) is 0 Å². The van der Waals surface area contributed by atoms with Gasteiger partial charge in [0, 0.05) is 45.7 Å². The molecule has 3 N–H and O–H groups in total. The number of hydrogen-bond acceptors (Lipinski definition) is 5. The molecule has 37 heavy (non-hydrogen) atoms. The molecule has 1 aliphatic rings. The van der Waals surface area contributed by atoms with Gasteiger partial charge in [-0.05, 0) is 49.2 Å². The smallest absolute Gasteiger partial charge is 0.227 e. The summed E-state index contributed by atoms with van der Waals surface area (Å²) in [6, 6.07) is 14.1. The van der Waals surface area contributed by atoms with E-state index in [9.17, 15) is 9.18 Å². The van der Waals surface area contributed by atoms with Crippen molar-refractivity contribution in [1.29, 1.82) is 0 Å². The lowest BCUT2D eigenvalue weighted by Gasteiger charge is -2.06. The van der Waals surface area contributed by atoms with Gasteiger partial charge in [-0.2, -0.15) is 5.10 Å². The highest BCUT2D eigenvalue weighted by Crippen LogP contribution is 2.34. The molecule has 8 nitrogen and oxygen atoms in total. The van der Waals surface area contributed by atoms with Crippen LogP contribution in [-0.2, 0) is 4.79 Å². The first kappa shape index (κ1) is 21.4. The summed E-state index contributed by atoms with van der Waals surface area (Å²) >= 11 is 0. The van der Waals surface area contributed by atoms with E-state index in [1.54, 1.807) is 30.9 Å². The number of pyridine rings is 3. The SMILES string of the molecule is O=C(Nc1cncc(-c2cc3c(-c4cc5c(-c6cccc(F)c6)nccc5[nH]4)n[nH]c3cn2)c1)C1CC1. The van der Waals surface area contributed by atoms with E-state index in [1.165, 1.54) is 12.1 Å². The minimum Gasteiger partial charge on any atom is -0.353 e. The number of aromatic amines is 2. The van der Waals surface area contributed by atoms with Crippen molar-refractivity contribution in [2.75, 3.05) is 5.32 Å². The standard InChI is InChI=1S/C28H20FN7O/c29-18-3-1-2-16(8-18)26-20-11-24(34-22(20)6-7-31-26)27-21-10-23(32-14-25(21)35-36-27)17-9-19(13-30-12-17)33-28(37)15-4-5-15/h1-3,6-15,34H,4-5H2,(H,33,37)(H,35,36). The molecule has 1 aromatic carbocycles. The highest BCUT2D eigenvalue weighted by Gasteiger charge is 2.29. The summed E-state index contributed by atoms with van der Waals surface area (Å²) in [5.41, 5.74) is 6.73. The Kier molecular flexibility index (Phi) is 4.81. The van der Waals surface area contributed by atoms with Gasteiger partial charge in [0.05, 0.1) is 40.7 Å². The number of nitrogens with zero attached hydrogens (tertiary/aromatic N) is 4. The highest BCUT2D eigenvalue weighted by molar-refractivity contribution is 6.00. The zero-order valence-electron chi connectivity index (χ0n) is 19.5. The molecule has 0 atom stereocenters. The van der Waals surface area contributed by atoms with Crippen molar-refractivity contribution >= 4 is 33.4 Å². The van der Waals surface area contributed by atoms with Crippen LogP contribution in [0.5, 0.6) is 0 Å². The van der Waals surface area contributed by atoms with Crippen molar-refractivity contribution in [1.82, 2.24) is 30.1 Å². The summed E-state index contributed by atoms with van der Waals surface area (Å²) in [5, 5.41) is 12.3. The lowest BCUT2D eigenvalue weighted by Crippen LogP contribution is -2.13. The topological polar surface area (TPSA) is 112 Å². The van der Waals surface area contributed by atoms with Crippen LogP contribution in [0.4, 0.5) is 10.1 Å². The molecule has 6 aromatic rings. The van der Waals surface area contributed by atoms with Crippen LogP contribution >= 0.6 is 0 Å². The molecule has 5 aromatic heterocycles. The summed E-state index contributed by atoms with van der Waals surface area (Å²) in [6.07, 6.45) is 8.68. The van der Waals surface area contributed by atoms with Gasteiger partial charge in [-0.25, -0.2) is 4.39 Å². The summed E-state index contributed by atoms with van der Waals surface area (Å²) in [7, 11) is 0. The van der Waals surface area contributed by atoms with Gasteiger partial charge in [0.2, 0.25) is 5.91 Å². The predicted molar refractivity (Wildman–Crippen MR) is 139 cm³/mol. The van der Waals surface area contributed by atoms with E-state index >= 15 is 0 Å². The maximum atomic E-state index is 13.9. The quantitative estimate of drug-likeness (QED) is 0.287. The third kappa shape index (κ3) is 3.90. The van der Waals surface area contributed by atoms with E-state index in [1.807, 2.05) is 30.3 Å². The molecule has 0 bridgehead atoms. The number of aromatic nitrogens is 6. The van der Waals surface area contributed by atoms with Crippen molar-refractivity contribution in [3.05, 3.63) is 79.1 Å². The molecule has 5 heterocycles. The minimum atomic E-state index is -0.309. The third-order valence-corrected chi connectivity index (χ3v) is 6.60. The molecule has 9 heteroatoms. The van der Waals surface area contributed by atoms with Gasteiger partial charge < -0.3 is 10.3 Å². The fourth-order valence-electron chi connectivity index (χ4n) is 4.57. The Balaban J connectivity index is 1.28. The number of H-pyrrole nitrogens is 2. The van der Waals surface area contributed by atoms with Gasteiger partial charge in [0.25, 0.3) is 0 Å². The van der Waals surface area contributed by atoms with Crippen LogP contribution < -0.4 is 5.32 Å². The molecule has 1 saturated carbocycles. The van der Waals surface area contributed by atoms with E-state index in [0.717, 1.165) is 51.6 Å². The van der Waals surface area contributed by atoms with Crippen molar-refractivity contribution in [3.8, 4) is 33.9 Å². The maximum absolute atomic E-state index is 13.9. The zero-order chi connectivity index (χ0) is 24.9. The zero-order valence-corrected chi connectivity index (χ0v) is 19.5. The van der Waals surface area contributed by atoms with Crippen LogP contribution in [0.1, 0.15) is 12.8 Å². The number of carbonyl (C=O) groups excluding carboxylic acids is 1. The monoisotopic (exact) mass is 489 g/mol. The highest BCUT2D eigenvalue weighted by atomic mass is 19.1. The third-order valence-electron chi connectivity index (χ3n) is 6.60. The fraction of sp³-hybridized carbons (Fsp3) is 0.107. The predicted octanol–water partition coefficient (Wildman–Crippen LogP) is 5.72. The second-order valence-electron chi connectivity index (χ2n) is 9.23. The van der Waals surface area contributed by atoms with Gasteiger partial charge >= 0.3 is 0 Å². The molecule has 0 aliphatic heterocycles. The molecule has 7 rings (SSSR count). The van der Waals surface area contributed by atoms with E-state index in [2.05, 4.69) is 35.5 Å². The normalized spacial score (nSPS) is 13.3. The molecule has 1 fully saturated rings. The Hall–Kier alpha value is -4.92. The van der Waals surface area contributed by atoms with Crippen LogP contribution in [0.25, 0.3) is 55.7 Å². The number of rotatable bonds is 5. The Morgan fingerprint density at radius 3 is 2.68 bits per heavy atom. The molecule has 1 amide bonds. The summed E-state index contributed by atoms with van der Waals surface area (Å²) in [6.45, 7) is 0. The molecular formula is C28H20FN7O. The first-order valence-electron chi connectivity index (χ1n) is 12.0. The summed E-state index contributed by atoms with van der Waals surface area (Å²) < 4.78 is 13.9. The number of benzene rings is 1. The fourth-order valence-corrected chi connectivity index (χ4v) is 4.57. The van der Waals surface area contributed by atoms with Gasteiger partial charge in [-0.1, -0.05) is 12.1 Å². The van der Waals surface area contributed by atoms with Crippen molar-refractivity contribution in [2.24, 2.45) is 5.92 Å². The van der Waals surface area contributed by atoms with Gasteiger partial charge in [-0.3, -0.25) is 24.8 Å². The van der Waals surface area contributed by atoms with Crippen LogP contribution in [0, 0.1) is 11.7 Å². The van der Waals surface area contributed by atoms with E-state index in [-0.39, 0.29) is 17.6 Å². The molecule has 180 valence electrons. The van der Waals surface area contributed by atoms with Gasteiger partial charge in [-0.15, -0.1) is 0 Å².